The molecule has 0 bridgehead atoms. The van der Waals surface area contributed by atoms with E-state index in [-0.39, 0.29) is 22.1 Å². The zero-order valence-electron chi connectivity index (χ0n) is 9.65. The van der Waals surface area contributed by atoms with E-state index in [1.165, 1.54) is 25.2 Å². The maximum Gasteiger partial charge on any atom is 0.293 e. The van der Waals surface area contributed by atoms with E-state index < -0.39 is 10.8 Å². The first-order valence-corrected chi connectivity index (χ1v) is 5.82. The molecule has 0 aliphatic rings. The molecule has 1 amide bonds. The minimum absolute atomic E-state index is 0.141. The molecule has 1 aromatic carbocycles. The van der Waals surface area contributed by atoms with E-state index in [9.17, 15) is 14.9 Å². The van der Waals surface area contributed by atoms with Gasteiger partial charge >= 0.3 is 0 Å². The molecule has 0 spiro atoms. The van der Waals surface area contributed by atoms with Crippen LogP contribution in [0.4, 0.5) is 16.5 Å². The largest absolute Gasteiger partial charge is 0.382 e. The second-order valence-electron chi connectivity index (χ2n) is 3.33. The predicted octanol–water partition coefficient (Wildman–Crippen LogP) is 1.14. The fraction of sp³-hybridized carbons (Fsp3) is 0.111. The second kappa shape index (κ2) is 5.35. The Morgan fingerprint density at radius 1 is 1.47 bits per heavy atom. The van der Waals surface area contributed by atoms with E-state index in [2.05, 4.69) is 25.4 Å². The van der Waals surface area contributed by atoms with Gasteiger partial charge in [-0.05, 0) is 11.3 Å². The molecule has 0 saturated heterocycles. The van der Waals surface area contributed by atoms with Gasteiger partial charge in [0.25, 0.3) is 11.6 Å². The fourth-order valence-electron chi connectivity index (χ4n) is 1.49. The molecule has 19 heavy (non-hydrogen) atoms. The number of carbonyl (C=O) groups is 1. The number of rotatable bonds is 4. The Kier molecular flexibility index (Phi) is 3.61. The molecule has 0 aliphatic heterocycles. The first kappa shape index (κ1) is 12.8. The van der Waals surface area contributed by atoms with E-state index >= 15 is 0 Å². The number of para-hydroxylation sites is 1. The molecular formula is C9H8N6O3S. The Balaban J connectivity index is 2.36. The topological polar surface area (TPSA) is 123 Å². The minimum Gasteiger partial charge on any atom is -0.382 e. The van der Waals surface area contributed by atoms with Gasteiger partial charge in [-0.3, -0.25) is 20.2 Å². The second-order valence-corrected chi connectivity index (χ2v) is 4.06. The van der Waals surface area contributed by atoms with Crippen molar-refractivity contribution in [1.82, 2.24) is 14.8 Å². The maximum absolute atomic E-state index is 12.0. The number of benzene rings is 1. The van der Waals surface area contributed by atoms with Crippen LogP contribution >= 0.6 is 11.5 Å². The lowest BCUT2D eigenvalue weighted by Gasteiger charge is -2.08. The summed E-state index contributed by atoms with van der Waals surface area (Å²) in [5.74, 6) is -0.522. The molecule has 2 aromatic rings. The van der Waals surface area contributed by atoms with Gasteiger partial charge in [-0.15, -0.1) is 0 Å². The van der Waals surface area contributed by atoms with Crippen molar-refractivity contribution in [3.63, 3.8) is 0 Å². The third kappa shape index (κ3) is 2.63. The number of amides is 1. The van der Waals surface area contributed by atoms with Crippen LogP contribution in [0.5, 0.6) is 0 Å². The first-order chi connectivity index (χ1) is 9.13. The molecule has 0 aliphatic carbocycles. The summed E-state index contributed by atoms with van der Waals surface area (Å²) in [6.07, 6.45) is 0. The van der Waals surface area contributed by atoms with Crippen LogP contribution in [0, 0.1) is 10.1 Å². The third-order valence-electron chi connectivity index (χ3n) is 2.25. The molecule has 98 valence electrons. The lowest BCUT2D eigenvalue weighted by molar-refractivity contribution is -0.384. The molecule has 2 N–H and O–H groups in total. The smallest absolute Gasteiger partial charge is 0.293 e. The van der Waals surface area contributed by atoms with Crippen molar-refractivity contribution in [3.05, 3.63) is 33.9 Å². The van der Waals surface area contributed by atoms with E-state index in [0.29, 0.717) is 0 Å². The Morgan fingerprint density at radius 3 is 2.84 bits per heavy atom. The van der Waals surface area contributed by atoms with Gasteiger partial charge in [0.05, 0.1) is 10.5 Å². The van der Waals surface area contributed by atoms with Crippen LogP contribution in [0.15, 0.2) is 18.2 Å². The third-order valence-corrected chi connectivity index (χ3v) is 2.76. The van der Waals surface area contributed by atoms with Crippen LogP contribution in [-0.4, -0.2) is 32.7 Å². The van der Waals surface area contributed by atoms with Crippen molar-refractivity contribution in [2.45, 2.75) is 0 Å². The van der Waals surface area contributed by atoms with Gasteiger partial charge in [-0.1, -0.05) is 15.7 Å². The first-order valence-electron chi connectivity index (χ1n) is 5.05. The number of hydrogen-bond acceptors (Lipinski definition) is 8. The molecule has 2 rings (SSSR count). The quantitative estimate of drug-likeness (QED) is 0.635. The van der Waals surface area contributed by atoms with E-state index in [1.807, 2.05) is 0 Å². The summed E-state index contributed by atoms with van der Waals surface area (Å²) in [5.41, 5.74) is 0.111. The van der Waals surface area contributed by atoms with Crippen LogP contribution in [0.3, 0.4) is 0 Å². The summed E-state index contributed by atoms with van der Waals surface area (Å²) < 4.78 is 3.50. The molecule has 0 fully saturated rings. The van der Waals surface area contributed by atoms with Gasteiger partial charge in [0.2, 0.25) is 5.13 Å². The number of nitro groups is 1. The van der Waals surface area contributed by atoms with Crippen molar-refractivity contribution in [1.29, 1.82) is 0 Å². The van der Waals surface area contributed by atoms with Gasteiger partial charge in [0.15, 0.2) is 0 Å². The number of hydrogen-bond donors (Lipinski definition) is 2. The number of nitrogens with zero attached hydrogens (tertiary/aromatic N) is 4. The summed E-state index contributed by atoms with van der Waals surface area (Å²) >= 11 is 0.911. The minimum atomic E-state index is -0.560. The summed E-state index contributed by atoms with van der Waals surface area (Å²) in [6, 6.07) is 4.23. The maximum atomic E-state index is 12.0. The van der Waals surface area contributed by atoms with Gasteiger partial charge in [-0.25, -0.2) is 0 Å². The van der Waals surface area contributed by atoms with Crippen LogP contribution in [-0.2, 0) is 0 Å². The van der Waals surface area contributed by atoms with Crippen molar-refractivity contribution in [2.24, 2.45) is 0 Å². The van der Waals surface area contributed by atoms with Crippen LogP contribution in [0.25, 0.3) is 0 Å². The molecule has 9 nitrogen and oxygen atoms in total. The Labute approximate surface area is 111 Å². The normalized spacial score (nSPS) is 9.95. The van der Waals surface area contributed by atoms with Crippen LogP contribution in [0.1, 0.15) is 10.4 Å². The average Bonchev–Trinajstić information content (AvgIpc) is 2.90. The zero-order chi connectivity index (χ0) is 13.8. The van der Waals surface area contributed by atoms with Crippen molar-refractivity contribution in [2.75, 3.05) is 17.7 Å². The molecule has 0 saturated carbocycles. The lowest BCUT2D eigenvalue weighted by Crippen LogP contribution is -2.14. The molecular weight excluding hydrogens is 272 g/mol. The summed E-state index contributed by atoms with van der Waals surface area (Å²) in [5, 5.41) is 23.1. The number of aromatic nitrogens is 3. The molecule has 10 heteroatoms. The molecule has 0 radical (unpaired) electrons. The lowest BCUT2D eigenvalue weighted by atomic mass is 10.1. The van der Waals surface area contributed by atoms with E-state index in [4.69, 9.17) is 0 Å². The number of nitro benzene ring substituents is 1. The molecule has 0 unspecified atom stereocenters. The Hall–Kier alpha value is -2.62. The molecule has 1 aromatic heterocycles. The standard InChI is InChI=1S/C9H8N6O3S/c1-10-7-5(3-2-4-6(7)15(17)18)8(16)11-9-12-13-14-19-9/h2-4,10H,1H3,(H,11,12,14,16). The van der Waals surface area contributed by atoms with Gasteiger partial charge in [-0.2, -0.15) is 0 Å². The van der Waals surface area contributed by atoms with E-state index in [0.717, 1.165) is 11.5 Å². The Morgan fingerprint density at radius 2 is 2.26 bits per heavy atom. The van der Waals surface area contributed by atoms with Crippen molar-refractivity contribution in [3.8, 4) is 0 Å². The fourth-order valence-corrected chi connectivity index (χ4v) is 1.85. The van der Waals surface area contributed by atoms with Gasteiger partial charge < -0.3 is 5.32 Å². The average molecular weight is 280 g/mol. The highest BCUT2D eigenvalue weighted by molar-refractivity contribution is 7.09. The summed E-state index contributed by atoms with van der Waals surface area (Å²) in [7, 11) is 1.51. The molecule has 1 heterocycles. The summed E-state index contributed by atoms with van der Waals surface area (Å²) in [6.45, 7) is 0. The van der Waals surface area contributed by atoms with Crippen molar-refractivity contribution < 1.29 is 9.72 Å². The highest BCUT2D eigenvalue weighted by Gasteiger charge is 2.21. The SMILES string of the molecule is CNc1c(C(=O)Nc2nnns2)cccc1[N+](=O)[O-]. The zero-order valence-corrected chi connectivity index (χ0v) is 10.5. The van der Waals surface area contributed by atoms with Crippen LogP contribution < -0.4 is 10.6 Å². The molecule has 0 atom stereocenters. The van der Waals surface area contributed by atoms with Crippen molar-refractivity contribution >= 4 is 33.9 Å². The predicted molar refractivity (Wildman–Crippen MR) is 68.3 cm³/mol. The number of nitrogens with one attached hydrogen (secondary N) is 2. The highest BCUT2D eigenvalue weighted by atomic mass is 32.1. The van der Waals surface area contributed by atoms with Crippen LogP contribution in [0.2, 0.25) is 0 Å². The summed E-state index contributed by atoms with van der Waals surface area (Å²) in [4.78, 5) is 22.3. The highest BCUT2D eigenvalue weighted by Crippen LogP contribution is 2.28. The Bertz CT molecular complexity index is 614. The monoisotopic (exact) mass is 280 g/mol. The number of carbonyl (C=O) groups excluding carboxylic acids is 1. The number of anilines is 2. The van der Waals surface area contributed by atoms with Gasteiger partial charge in [0.1, 0.15) is 5.69 Å². The van der Waals surface area contributed by atoms with Gasteiger partial charge in [0, 0.05) is 24.6 Å². The van der Waals surface area contributed by atoms with E-state index in [1.54, 1.807) is 0 Å².